The molecule has 1 amide bonds. The van der Waals surface area contributed by atoms with E-state index in [0.717, 1.165) is 17.7 Å². The molecule has 8 heteroatoms. The van der Waals surface area contributed by atoms with Gasteiger partial charge in [0, 0.05) is 18.4 Å². The topological polar surface area (TPSA) is 64.4 Å². The summed E-state index contributed by atoms with van der Waals surface area (Å²) in [4.78, 5) is 16.4. The fourth-order valence-corrected chi connectivity index (χ4v) is 2.68. The van der Waals surface area contributed by atoms with E-state index in [1.54, 1.807) is 13.1 Å². The van der Waals surface area contributed by atoms with E-state index in [2.05, 4.69) is 10.3 Å². The monoisotopic (exact) mass is 404 g/mol. The van der Waals surface area contributed by atoms with Crippen molar-refractivity contribution in [3.05, 3.63) is 66.2 Å². The van der Waals surface area contributed by atoms with Crippen LogP contribution in [0.1, 0.15) is 24.8 Å². The van der Waals surface area contributed by atoms with Crippen LogP contribution in [-0.4, -0.2) is 17.5 Å². The number of benzene rings is 2. The third kappa shape index (κ3) is 5.37. The van der Waals surface area contributed by atoms with Crippen molar-refractivity contribution < 1.29 is 27.1 Å². The normalized spacial score (nSPS) is 11.3. The lowest BCUT2D eigenvalue weighted by molar-refractivity contribution is -0.137. The molecule has 5 nitrogen and oxygen atoms in total. The highest BCUT2D eigenvalue weighted by Crippen LogP contribution is 2.35. The van der Waals surface area contributed by atoms with Gasteiger partial charge >= 0.3 is 6.18 Å². The van der Waals surface area contributed by atoms with Crippen molar-refractivity contribution >= 4 is 11.6 Å². The minimum Gasteiger partial charge on any atom is -0.492 e. The van der Waals surface area contributed by atoms with Crippen LogP contribution in [0.2, 0.25) is 0 Å². The number of carbonyl (C=O) groups is 1. The van der Waals surface area contributed by atoms with Crippen molar-refractivity contribution in [1.29, 1.82) is 0 Å². The molecular weight excluding hydrogens is 385 g/mol. The number of ether oxygens (including phenoxy) is 1. The van der Waals surface area contributed by atoms with Crippen LogP contribution in [0.25, 0.3) is 11.3 Å². The Morgan fingerprint density at radius 3 is 2.62 bits per heavy atom. The fourth-order valence-electron chi connectivity index (χ4n) is 2.68. The van der Waals surface area contributed by atoms with Gasteiger partial charge in [0.15, 0.2) is 11.7 Å². The van der Waals surface area contributed by atoms with Crippen molar-refractivity contribution in [2.45, 2.75) is 25.9 Å². The molecule has 1 N–H and O–H groups in total. The number of hydrogen-bond donors (Lipinski definition) is 1. The minimum absolute atomic E-state index is 0.00342. The molecule has 0 bridgehead atoms. The second-order valence-electron chi connectivity index (χ2n) is 6.17. The van der Waals surface area contributed by atoms with E-state index in [-0.39, 0.29) is 30.9 Å². The molecule has 1 aromatic heterocycles. The summed E-state index contributed by atoms with van der Waals surface area (Å²) >= 11 is 0. The van der Waals surface area contributed by atoms with Gasteiger partial charge in [-0.1, -0.05) is 30.3 Å². The molecular formula is C21H19F3N2O3. The number of aromatic nitrogens is 1. The van der Waals surface area contributed by atoms with Crippen LogP contribution in [-0.2, 0) is 17.4 Å². The highest BCUT2D eigenvalue weighted by molar-refractivity contribution is 5.92. The number of alkyl halides is 3. The van der Waals surface area contributed by atoms with Gasteiger partial charge in [0.25, 0.3) is 0 Å². The summed E-state index contributed by atoms with van der Waals surface area (Å²) in [6.45, 7) is 1.96. The lowest BCUT2D eigenvalue weighted by atomic mass is 10.1. The maximum atomic E-state index is 13.0. The molecule has 0 radical (unpaired) electrons. The van der Waals surface area contributed by atoms with Crippen LogP contribution >= 0.6 is 0 Å². The number of halogens is 3. The largest absolute Gasteiger partial charge is 0.492 e. The molecule has 0 aliphatic rings. The standard InChI is InChI=1S/C21H19F3N2O3/c1-2-28-17-9-8-15(21(22,23)24)12-16(17)26-19(27)10-11-20-25-13-18(29-20)14-6-4-3-5-7-14/h3-9,12-13H,2,10-11H2,1H3,(H,26,27). The Bertz CT molecular complexity index is 969. The molecule has 0 unspecified atom stereocenters. The van der Waals surface area contributed by atoms with E-state index in [0.29, 0.717) is 11.7 Å². The van der Waals surface area contributed by atoms with E-state index in [4.69, 9.17) is 9.15 Å². The molecule has 152 valence electrons. The third-order valence-electron chi connectivity index (χ3n) is 4.06. The number of amides is 1. The van der Waals surface area contributed by atoms with Crippen LogP contribution in [0.4, 0.5) is 18.9 Å². The van der Waals surface area contributed by atoms with Crippen LogP contribution in [0.5, 0.6) is 5.75 Å². The summed E-state index contributed by atoms with van der Waals surface area (Å²) in [5, 5.41) is 2.48. The SMILES string of the molecule is CCOc1ccc(C(F)(F)F)cc1NC(=O)CCc1ncc(-c2ccccc2)o1. The van der Waals surface area contributed by atoms with Crippen LogP contribution in [0, 0.1) is 0 Å². The Hall–Kier alpha value is -3.29. The Labute approximate surface area is 165 Å². The molecule has 3 rings (SSSR count). The van der Waals surface area contributed by atoms with Crippen LogP contribution in [0.15, 0.2) is 59.1 Å². The zero-order valence-electron chi connectivity index (χ0n) is 15.6. The molecule has 2 aromatic carbocycles. The quantitative estimate of drug-likeness (QED) is 0.578. The average Bonchev–Trinajstić information content (AvgIpc) is 3.17. The van der Waals surface area contributed by atoms with E-state index >= 15 is 0 Å². The molecule has 0 aliphatic carbocycles. The van der Waals surface area contributed by atoms with Gasteiger partial charge in [0.05, 0.1) is 24.1 Å². The molecule has 0 saturated heterocycles. The second kappa shape index (κ2) is 8.81. The van der Waals surface area contributed by atoms with Crippen molar-refractivity contribution in [3.8, 4) is 17.1 Å². The number of hydrogen-bond acceptors (Lipinski definition) is 4. The number of nitrogens with zero attached hydrogens (tertiary/aromatic N) is 1. The van der Waals surface area contributed by atoms with Crippen LogP contribution in [0.3, 0.4) is 0 Å². The van der Waals surface area contributed by atoms with Gasteiger partial charge in [0.2, 0.25) is 5.91 Å². The smallest absolute Gasteiger partial charge is 0.416 e. The molecule has 1 heterocycles. The van der Waals surface area contributed by atoms with Gasteiger partial charge in [-0.25, -0.2) is 4.98 Å². The molecule has 0 aliphatic heterocycles. The lowest BCUT2D eigenvalue weighted by Crippen LogP contribution is -2.15. The lowest BCUT2D eigenvalue weighted by Gasteiger charge is -2.14. The summed E-state index contributed by atoms with van der Waals surface area (Å²) in [5.41, 5.74) is -0.0264. The summed E-state index contributed by atoms with van der Waals surface area (Å²) in [6.07, 6.45) is -2.74. The maximum Gasteiger partial charge on any atom is 0.416 e. The molecule has 29 heavy (non-hydrogen) atoms. The molecule has 0 spiro atoms. The van der Waals surface area contributed by atoms with Gasteiger partial charge < -0.3 is 14.5 Å². The van der Waals surface area contributed by atoms with Crippen molar-refractivity contribution in [3.63, 3.8) is 0 Å². The summed E-state index contributed by atoms with van der Waals surface area (Å²) in [5.74, 6) is 0.659. The van der Waals surface area contributed by atoms with E-state index in [9.17, 15) is 18.0 Å². The second-order valence-corrected chi connectivity index (χ2v) is 6.17. The fraction of sp³-hybridized carbons (Fsp3) is 0.238. The number of oxazole rings is 1. The van der Waals surface area contributed by atoms with E-state index in [1.807, 2.05) is 30.3 Å². The van der Waals surface area contributed by atoms with Gasteiger partial charge in [0.1, 0.15) is 5.75 Å². The zero-order chi connectivity index (χ0) is 20.9. The molecule has 0 saturated carbocycles. The third-order valence-corrected chi connectivity index (χ3v) is 4.06. The van der Waals surface area contributed by atoms with E-state index in [1.165, 1.54) is 6.07 Å². The first-order valence-electron chi connectivity index (χ1n) is 9.01. The number of anilines is 1. The van der Waals surface area contributed by atoms with Crippen LogP contribution < -0.4 is 10.1 Å². The van der Waals surface area contributed by atoms with Gasteiger partial charge in [-0.15, -0.1) is 0 Å². The van der Waals surface area contributed by atoms with Crippen molar-refractivity contribution in [1.82, 2.24) is 4.98 Å². The Morgan fingerprint density at radius 2 is 1.93 bits per heavy atom. The number of carbonyl (C=O) groups excluding carboxylic acids is 1. The summed E-state index contributed by atoms with van der Waals surface area (Å²) < 4.78 is 49.8. The number of nitrogens with one attached hydrogen (secondary N) is 1. The van der Waals surface area contributed by atoms with Gasteiger partial charge in [-0.3, -0.25) is 4.79 Å². The number of aryl methyl sites for hydroxylation is 1. The predicted octanol–water partition coefficient (Wildman–Crippen LogP) is 5.33. The highest BCUT2D eigenvalue weighted by atomic mass is 19.4. The minimum atomic E-state index is -4.52. The Kier molecular flexibility index (Phi) is 6.21. The Balaban J connectivity index is 1.65. The summed E-state index contributed by atoms with van der Waals surface area (Å²) in [6, 6.07) is 12.4. The molecule has 3 aromatic rings. The van der Waals surface area contributed by atoms with E-state index < -0.39 is 17.6 Å². The Morgan fingerprint density at radius 1 is 1.17 bits per heavy atom. The predicted molar refractivity (Wildman–Crippen MR) is 102 cm³/mol. The van der Waals surface area contributed by atoms with Crippen molar-refractivity contribution in [2.75, 3.05) is 11.9 Å². The first kappa shape index (κ1) is 20.4. The summed E-state index contributed by atoms with van der Waals surface area (Å²) in [7, 11) is 0. The molecule has 0 atom stereocenters. The van der Waals surface area contributed by atoms with Crippen molar-refractivity contribution in [2.24, 2.45) is 0 Å². The zero-order valence-corrected chi connectivity index (χ0v) is 15.6. The average molecular weight is 404 g/mol. The first-order valence-corrected chi connectivity index (χ1v) is 9.01. The van der Waals surface area contributed by atoms with Gasteiger partial charge in [-0.05, 0) is 25.1 Å². The first-order chi connectivity index (χ1) is 13.9. The van der Waals surface area contributed by atoms with Gasteiger partial charge in [-0.2, -0.15) is 13.2 Å². The molecule has 0 fully saturated rings. The maximum absolute atomic E-state index is 13.0. The highest BCUT2D eigenvalue weighted by Gasteiger charge is 2.31. The number of rotatable bonds is 7.